The molecule has 0 saturated carbocycles. The Labute approximate surface area is 195 Å². The van der Waals surface area contributed by atoms with E-state index >= 15 is 0 Å². The second kappa shape index (κ2) is 9.85. The van der Waals surface area contributed by atoms with Crippen LogP contribution >= 0.6 is 15.9 Å². The summed E-state index contributed by atoms with van der Waals surface area (Å²) in [5, 5.41) is 4.45. The molecule has 0 amide bonds. The van der Waals surface area contributed by atoms with Crippen molar-refractivity contribution in [2.45, 2.75) is 24.1 Å². The van der Waals surface area contributed by atoms with Gasteiger partial charge in [-0.2, -0.15) is 0 Å². The average Bonchev–Trinajstić information content (AvgIpc) is 3.14. The molecule has 3 rings (SSSR count). The van der Waals surface area contributed by atoms with Crippen molar-refractivity contribution in [1.29, 1.82) is 0 Å². The number of nitrogens with zero attached hydrogens (tertiary/aromatic N) is 2. The van der Waals surface area contributed by atoms with Crippen molar-refractivity contribution in [3.63, 3.8) is 0 Å². The van der Waals surface area contributed by atoms with Gasteiger partial charge in [-0.1, -0.05) is 51.4 Å². The Morgan fingerprint density at radius 2 is 1.84 bits per heavy atom. The van der Waals surface area contributed by atoms with Crippen molar-refractivity contribution < 1.29 is 27.2 Å². The van der Waals surface area contributed by atoms with E-state index in [1.54, 1.807) is 44.2 Å². The van der Waals surface area contributed by atoms with E-state index in [-0.39, 0.29) is 23.0 Å². The van der Waals surface area contributed by atoms with Gasteiger partial charge in [0.05, 0.1) is 17.6 Å². The summed E-state index contributed by atoms with van der Waals surface area (Å²) in [5.41, 5.74) is 2.49. The molecule has 0 spiro atoms. The maximum absolute atomic E-state index is 13.8. The summed E-state index contributed by atoms with van der Waals surface area (Å²) in [5.74, 6) is 0.0802. The van der Waals surface area contributed by atoms with Gasteiger partial charge in [0.25, 0.3) is 10.0 Å². The Balaban J connectivity index is 2.24. The van der Waals surface area contributed by atoms with Gasteiger partial charge in [-0.05, 0) is 37.1 Å². The number of halogens is 1. The zero-order valence-corrected chi connectivity index (χ0v) is 20.5. The first kappa shape index (κ1) is 24.0. The van der Waals surface area contributed by atoms with Crippen molar-refractivity contribution in [3.8, 4) is 11.1 Å². The lowest BCUT2D eigenvalue weighted by Gasteiger charge is -2.23. The number of alkyl halides is 1. The van der Waals surface area contributed by atoms with Crippen LogP contribution in [0, 0.1) is 13.8 Å². The van der Waals surface area contributed by atoms with Gasteiger partial charge in [0.15, 0.2) is 5.82 Å². The molecule has 3 aromatic rings. The van der Waals surface area contributed by atoms with Gasteiger partial charge in [-0.25, -0.2) is 17.5 Å². The van der Waals surface area contributed by atoms with Gasteiger partial charge in [0.1, 0.15) is 12.5 Å². The number of aromatic nitrogens is 1. The van der Waals surface area contributed by atoms with Gasteiger partial charge in [0.2, 0.25) is 0 Å². The molecule has 0 aliphatic heterocycles. The lowest BCUT2D eigenvalue weighted by Crippen LogP contribution is -2.34. The number of sulfonamides is 1. The molecule has 2 aromatic carbocycles. The number of carbonyl (C=O) groups excluding carboxylic acids is 1. The van der Waals surface area contributed by atoms with Gasteiger partial charge < -0.3 is 14.0 Å². The number of anilines is 1. The fraction of sp³-hybridized carbons (Fsp3) is 0.273. The van der Waals surface area contributed by atoms with Crippen molar-refractivity contribution in [1.82, 2.24) is 5.16 Å². The number of hydrogen-bond donors (Lipinski definition) is 0. The number of benzene rings is 2. The Bertz CT molecular complexity index is 1240. The summed E-state index contributed by atoms with van der Waals surface area (Å²) in [4.78, 5) is 12.5. The van der Waals surface area contributed by atoms with Crippen LogP contribution in [-0.4, -0.2) is 40.5 Å². The molecule has 0 fully saturated rings. The quantitative estimate of drug-likeness (QED) is 0.245. The first-order chi connectivity index (χ1) is 15.3. The molecule has 0 saturated heterocycles. The molecule has 1 aromatic heterocycles. The number of carbonyl (C=O) groups is 1. The minimum absolute atomic E-state index is 0.00570. The van der Waals surface area contributed by atoms with Crippen LogP contribution in [0.1, 0.15) is 27.2 Å². The Morgan fingerprint density at radius 3 is 2.44 bits per heavy atom. The fourth-order valence-electron chi connectivity index (χ4n) is 3.22. The Kier molecular flexibility index (Phi) is 7.37. The van der Waals surface area contributed by atoms with Crippen LogP contribution in [0.25, 0.3) is 11.1 Å². The van der Waals surface area contributed by atoms with Crippen LogP contribution in [0.15, 0.2) is 51.9 Å². The van der Waals surface area contributed by atoms with Crippen LogP contribution in [0.4, 0.5) is 5.82 Å². The van der Waals surface area contributed by atoms with Crippen molar-refractivity contribution in [3.05, 3.63) is 64.9 Å². The van der Waals surface area contributed by atoms with Crippen molar-refractivity contribution in [2.24, 2.45) is 0 Å². The first-order valence-electron chi connectivity index (χ1n) is 9.57. The maximum Gasteiger partial charge on any atom is 0.338 e. The van der Waals surface area contributed by atoms with E-state index in [1.807, 2.05) is 6.07 Å². The Hall–Kier alpha value is -2.69. The number of aryl methyl sites for hydroxylation is 1. The van der Waals surface area contributed by atoms with E-state index in [9.17, 15) is 13.2 Å². The number of rotatable bonds is 8. The summed E-state index contributed by atoms with van der Waals surface area (Å²) in [6.45, 7) is 3.15. The predicted octanol–water partition coefficient (Wildman–Crippen LogP) is 4.44. The van der Waals surface area contributed by atoms with E-state index in [1.165, 1.54) is 20.3 Å². The SMILES string of the molecule is COCN(c1noc(C)c1C)S(=O)(=O)c1ccccc1-c1ccc(CBr)cc1C(=O)OC. The molecule has 0 unspecified atom stereocenters. The van der Waals surface area contributed by atoms with E-state index < -0.39 is 16.0 Å². The fourth-order valence-corrected chi connectivity index (χ4v) is 5.16. The highest BCUT2D eigenvalue weighted by molar-refractivity contribution is 9.08. The minimum Gasteiger partial charge on any atom is -0.465 e. The van der Waals surface area contributed by atoms with Crippen LogP contribution in [-0.2, 0) is 24.8 Å². The highest BCUT2D eigenvalue weighted by Gasteiger charge is 2.32. The van der Waals surface area contributed by atoms with Crippen LogP contribution < -0.4 is 4.31 Å². The number of methoxy groups -OCH3 is 2. The van der Waals surface area contributed by atoms with Crippen LogP contribution in [0.5, 0.6) is 0 Å². The van der Waals surface area contributed by atoms with E-state index in [4.69, 9.17) is 14.0 Å². The number of esters is 1. The topological polar surface area (TPSA) is 98.9 Å². The zero-order chi connectivity index (χ0) is 23.5. The van der Waals surface area contributed by atoms with Gasteiger partial charge in [0, 0.05) is 23.6 Å². The van der Waals surface area contributed by atoms with E-state index in [0.29, 0.717) is 27.8 Å². The van der Waals surface area contributed by atoms with Crippen molar-refractivity contribution in [2.75, 3.05) is 25.3 Å². The molecule has 0 N–H and O–H groups in total. The van der Waals surface area contributed by atoms with Gasteiger partial charge in [-0.3, -0.25) is 0 Å². The monoisotopic (exact) mass is 522 g/mol. The molecule has 32 heavy (non-hydrogen) atoms. The second-order valence-corrected chi connectivity index (χ2v) is 9.35. The molecular formula is C22H23BrN2O6S. The third kappa shape index (κ3) is 4.43. The molecule has 0 radical (unpaired) electrons. The number of hydrogen-bond acceptors (Lipinski definition) is 7. The molecule has 1 heterocycles. The van der Waals surface area contributed by atoms with E-state index in [2.05, 4.69) is 21.1 Å². The molecule has 10 heteroatoms. The molecule has 8 nitrogen and oxygen atoms in total. The smallest absolute Gasteiger partial charge is 0.338 e. The highest BCUT2D eigenvalue weighted by Crippen LogP contribution is 2.35. The third-order valence-corrected chi connectivity index (χ3v) is 7.42. The second-order valence-electron chi connectivity index (χ2n) is 6.96. The van der Waals surface area contributed by atoms with Crippen molar-refractivity contribution >= 4 is 37.7 Å². The molecule has 0 bridgehead atoms. The summed E-state index contributed by atoms with van der Waals surface area (Å²) >= 11 is 3.38. The summed E-state index contributed by atoms with van der Waals surface area (Å²) < 4.78 is 43.9. The number of ether oxygens (including phenoxy) is 2. The van der Waals surface area contributed by atoms with E-state index in [0.717, 1.165) is 9.87 Å². The molecule has 0 aliphatic rings. The molecule has 170 valence electrons. The maximum atomic E-state index is 13.8. The van der Waals surface area contributed by atoms with Crippen LogP contribution in [0.3, 0.4) is 0 Å². The van der Waals surface area contributed by atoms with Gasteiger partial charge in [-0.15, -0.1) is 0 Å². The first-order valence-corrected chi connectivity index (χ1v) is 12.1. The standard InChI is InChI=1S/C22H23BrN2O6S/c1-14-15(2)31-24-21(14)25(13-29-3)32(27,28)20-8-6-5-7-18(20)17-10-9-16(12-23)11-19(17)22(26)30-4/h5-11H,12-13H2,1-4H3. The van der Waals surface area contributed by atoms with Crippen LogP contribution in [0.2, 0.25) is 0 Å². The van der Waals surface area contributed by atoms with Gasteiger partial charge >= 0.3 is 5.97 Å². The largest absolute Gasteiger partial charge is 0.465 e. The molecule has 0 aliphatic carbocycles. The average molecular weight is 523 g/mol. The summed E-state index contributed by atoms with van der Waals surface area (Å²) in [6.07, 6.45) is 0. The predicted molar refractivity (Wildman–Crippen MR) is 123 cm³/mol. The normalized spacial score (nSPS) is 11.4. The lowest BCUT2D eigenvalue weighted by atomic mass is 9.98. The molecule has 0 atom stereocenters. The highest BCUT2D eigenvalue weighted by atomic mass is 79.9. The zero-order valence-electron chi connectivity index (χ0n) is 18.1. The summed E-state index contributed by atoms with van der Waals surface area (Å²) in [7, 11) is -1.47. The minimum atomic E-state index is -4.14. The Morgan fingerprint density at radius 1 is 1.12 bits per heavy atom. The summed E-state index contributed by atoms with van der Waals surface area (Å²) in [6, 6.07) is 11.7. The third-order valence-electron chi connectivity index (χ3n) is 5.00. The molecular weight excluding hydrogens is 500 g/mol. The lowest BCUT2D eigenvalue weighted by molar-refractivity contribution is 0.0601.